The summed E-state index contributed by atoms with van der Waals surface area (Å²) in [5, 5.41) is 7.60. The van der Waals surface area contributed by atoms with E-state index in [1.807, 2.05) is 30.4 Å². The van der Waals surface area contributed by atoms with Crippen molar-refractivity contribution in [2.24, 2.45) is 0 Å². The number of allylic oxidation sites excluding steroid dienone is 4. The summed E-state index contributed by atoms with van der Waals surface area (Å²) in [5.41, 5.74) is 2.46. The molecule has 0 bridgehead atoms. The number of aliphatic carboxylic acids is 1. The molecule has 0 heterocycles. The van der Waals surface area contributed by atoms with E-state index < -0.39 is 5.97 Å². The van der Waals surface area contributed by atoms with Gasteiger partial charge in [-0.15, -0.1) is 0 Å². The largest absolute Gasteiger partial charge is 0.478 e. The van der Waals surface area contributed by atoms with E-state index in [4.69, 9.17) is 5.11 Å². The molecule has 0 radical (unpaired) electrons. The van der Waals surface area contributed by atoms with Crippen molar-refractivity contribution in [1.82, 2.24) is 0 Å². The highest BCUT2D eigenvalue weighted by molar-refractivity contribution is 5.78. The molecule has 0 aromatic heterocycles. The van der Waals surface area contributed by atoms with Gasteiger partial charge in [0, 0.05) is 6.08 Å². The van der Waals surface area contributed by atoms with Gasteiger partial charge < -0.3 is 5.11 Å². The molecule has 0 aliphatic rings. The summed E-state index contributed by atoms with van der Waals surface area (Å²) in [4.78, 5) is 9.25. The maximum absolute atomic E-state index is 9.25. The number of benzene rings is 1. The molecule has 1 N–H and O–H groups in total. The Balaban J connectivity index is 0.000000494. The number of carbonyl (C=O) groups is 1. The van der Waals surface area contributed by atoms with Crippen LogP contribution in [0.5, 0.6) is 0 Å². The van der Waals surface area contributed by atoms with Gasteiger partial charge in [0.25, 0.3) is 0 Å². The molecule has 0 fully saturated rings. The molecule has 0 amide bonds. The molecule has 0 unspecified atom stereocenters. The van der Waals surface area contributed by atoms with E-state index in [9.17, 15) is 4.79 Å². The zero-order valence-corrected chi connectivity index (χ0v) is 10.5. The minimum Gasteiger partial charge on any atom is -0.478 e. The Hall–Kier alpha value is -2.35. The molecule has 1 aromatic rings. The third-order valence-electron chi connectivity index (χ3n) is 1.86. The summed E-state index contributed by atoms with van der Waals surface area (Å²) < 4.78 is 0. The summed E-state index contributed by atoms with van der Waals surface area (Å²) in [6.07, 6.45) is 8.73. The SMILES string of the molecule is C=CC(=O)O.C=CC=CC(C)=Cc1ccccc1. The number of hydrogen-bond donors (Lipinski definition) is 1. The highest BCUT2D eigenvalue weighted by Crippen LogP contribution is 2.06. The van der Waals surface area contributed by atoms with Crippen molar-refractivity contribution in [3.8, 4) is 0 Å². The van der Waals surface area contributed by atoms with E-state index in [-0.39, 0.29) is 0 Å². The third-order valence-corrected chi connectivity index (χ3v) is 1.86. The van der Waals surface area contributed by atoms with Crippen LogP contribution in [0.15, 0.2) is 73.4 Å². The lowest BCUT2D eigenvalue weighted by Crippen LogP contribution is -1.82. The van der Waals surface area contributed by atoms with Gasteiger partial charge >= 0.3 is 5.97 Å². The summed E-state index contributed by atoms with van der Waals surface area (Å²) in [6.45, 7) is 8.66. The second-order valence-corrected chi connectivity index (χ2v) is 3.44. The normalized spacial score (nSPS) is 10.4. The predicted molar refractivity (Wildman–Crippen MR) is 77.3 cm³/mol. The molecule has 2 nitrogen and oxygen atoms in total. The lowest BCUT2D eigenvalue weighted by Gasteiger charge is -1.93. The Morgan fingerprint density at radius 2 is 1.78 bits per heavy atom. The molecule has 18 heavy (non-hydrogen) atoms. The molecule has 2 heteroatoms. The van der Waals surface area contributed by atoms with Gasteiger partial charge in [0.15, 0.2) is 0 Å². The molecule has 1 rings (SSSR count). The zero-order valence-electron chi connectivity index (χ0n) is 10.5. The fourth-order valence-electron chi connectivity index (χ4n) is 1.08. The molecule has 0 spiro atoms. The highest BCUT2D eigenvalue weighted by Gasteiger charge is 1.84. The summed E-state index contributed by atoms with van der Waals surface area (Å²) in [5.74, 6) is -0.981. The van der Waals surface area contributed by atoms with Gasteiger partial charge in [-0.25, -0.2) is 4.79 Å². The summed E-state index contributed by atoms with van der Waals surface area (Å²) in [7, 11) is 0. The first-order valence-electron chi connectivity index (χ1n) is 5.48. The molecule has 0 aliphatic carbocycles. The molecular formula is C16H18O2. The van der Waals surface area contributed by atoms with Crippen LogP contribution in [-0.2, 0) is 4.79 Å². The molecule has 1 aromatic carbocycles. The second-order valence-electron chi connectivity index (χ2n) is 3.44. The van der Waals surface area contributed by atoms with Crippen LogP contribution in [0.25, 0.3) is 6.08 Å². The van der Waals surface area contributed by atoms with E-state index >= 15 is 0 Å². The molecule has 0 saturated carbocycles. The topological polar surface area (TPSA) is 37.3 Å². The maximum atomic E-state index is 9.25. The van der Waals surface area contributed by atoms with Gasteiger partial charge in [-0.3, -0.25) is 0 Å². The first kappa shape index (κ1) is 15.7. The van der Waals surface area contributed by atoms with Crippen molar-refractivity contribution in [2.75, 3.05) is 0 Å². The van der Waals surface area contributed by atoms with Crippen molar-refractivity contribution in [3.05, 3.63) is 78.9 Å². The lowest BCUT2D eigenvalue weighted by molar-refractivity contribution is -0.131. The first-order valence-corrected chi connectivity index (χ1v) is 5.48. The maximum Gasteiger partial charge on any atom is 0.327 e. The number of rotatable bonds is 4. The van der Waals surface area contributed by atoms with Crippen molar-refractivity contribution < 1.29 is 9.90 Å². The molecule has 0 aliphatic heterocycles. The molecule has 0 atom stereocenters. The fraction of sp³-hybridized carbons (Fsp3) is 0.0625. The van der Waals surface area contributed by atoms with Crippen LogP contribution in [0.3, 0.4) is 0 Å². The van der Waals surface area contributed by atoms with Gasteiger partial charge in [-0.1, -0.05) is 73.4 Å². The van der Waals surface area contributed by atoms with Gasteiger partial charge in [0.05, 0.1) is 0 Å². The van der Waals surface area contributed by atoms with Crippen LogP contribution in [-0.4, -0.2) is 11.1 Å². The average molecular weight is 242 g/mol. The zero-order chi connectivity index (χ0) is 13.8. The molecule has 0 saturated heterocycles. The van der Waals surface area contributed by atoms with Gasteiger partial charge in [-0.05, 0) is 12.5 Å². The smallest absolute Gasteiger partial charge is 0.327 e. The van der Waals surface area contributed by atoms with E-state index in [0.29, 0.717) is 0 Å². The van der Waals surface area contributed by atoms with E-state index in [0.717, 1.165) is 6.08 Å². The number of carboxylic acid groups (broad SMARTS) is 1. The van der Waals surface area contributed by atoms with E-state index in [1.54, 1.807) is 6.08 Å². The van der Waals surface area contributed by atoms with Crippen molar-refractivity contribution in [1.29, 1.82) is 0 Å². The van der Waals surface area contributed by atoms with Gasteiger partial charge in [-0.2, -0.15) is 0 Å². The lowest BCUT2D eigenvalue weighted by atomic mass is 10.1. The second kappa shape index (κ2) is 9.85. The third kappa shape index (κ3) is 8.92. The van der Waals surface area contributed by atoms with Gasteiger partial charge in [0.2, 0.25) is 0 Å². The van der Waals surface area contributed by atoms with Gasteiger partial charge in [0.1, 0.15) is 0 Å². The van der Waals surface area contributed by atoms with Crippen LogP contribution < -0.4 is 0 Å². The minimum atomic E-state index is -0.981. The van der Waals surface area contributed by atoms with Crippen molar-refractivity contribution >= 4 is 12.0 Å². The monoisotopic (exact) mass is 242 g/mol. The number of carboxylic acids is 1. The van der Waals surface area contributed by atoms with E-state index in [1.165, 1.54) is 11.1 Å². The van der Waals surface area contributed by atoms with Crippen LogP contribution >= 0.6 is 0 Å². The van der Waals surface area contributed by atoms with E-state index in [2.05, 4.69) is 38.3 Å². The van der Waals surface area contributed by atoms with Crippen LogP contribution in [0, 0.1) is 0 Å². The standard InChI is InChI=1S/C13H14.C3H4O2/c1-3-4-8-12(2)11-13-9-6-5-7-10-13;1-2-3(4)5/h3-11H,1H2,2H3;2H,1H2,(H,4,5). The van der Waals surface area contributed by atoms with Crippen LogP contribution in [0.2, 0.25) is 0 Å². The summed E-state index contributed by atoms with van der Waals surface area (Å²) in [6, 6.07) is 10.3. The Labute approximate surface area is 108 Å². The quantitative estimate of drug-likeness (QED) is 0.637. The Morgan fingerprint density at radius 1 is 1.22 bits per heavy atom. The summed E-state index contributed by atoms with van der Waals surface area (Å²) >= 11 is 0. The van der Waals surface area contributed by atoms with Crippen molar-refractivity contribution in [2.45, 2.75) is 6.92 Å². The number of hydrogen-bond acceptors (Lipinski definition) is 1. The fourth-order valence-corrected chi connectivity index (χ4v) is 1.08. The van der Waals surface area contributed by atoms with Crippen LogP contribution in [0.4, 0.5) is 0 Å². The first-order chi connectivity index (χ1) is 8.60. The molecule has 94 valence electrons. The molecular weight excluding hydrogens is 224 g/mol. The predicted octanol–water partition coefficient (Wildman–Crippen LogP) is 4.09. The van der Waals surface area contributed by atoms with Crippen LogP contribution in [0.1, 0.15) is 12.5 Å². The minimum absolute atomic E-state index is 0.833. The Morgan fingerprint density at radius 3 is 2.22 bits per heavy atom. The highest BCUT2D eigenvalue weighted by atomic mass is 16.4. The average Bonchev–Trinajstić information content (AvgIpc) is 2.38. The Bertz CT molecular complexity index is 439. The van der Waals surface area contributed by atoms with Crippen molar-refractivity contribution in [3.63, 3.8) is 0 Å². The Kier molecular flexibility index (Phi) is 8.56.